The molecule has 10 heteroatoms. The summed E-state index contributed by atoms with van der Waals surface area (Å²) < 4.78 is 37.7. The molecule has 0 spiro atoms. The van der Waals surface area contributed by atoms with Crippen molar-refractivity contribution < 1.29 is 12.8 Å². The van der Waals surface area contributed by atoms with Crippen molar-refractivity contribution in [2.75, 3.05) is 24.2 Å². The Balaban J connectivity index is 1.36. The molecule has 1 saturated heterocycles. The minimum absolute atomic E-state index is 0.0510. The summed E-state index contributed by atoms with van der Waals surface area (Å²) in [7, 11) is -3.46. The zero-order valence-electron chi connectivity index (χ0n) is 18.7. The van der Waals surface area contributed by atoms with Crippen molar-refractivity contribution in [3.63, 3.8) is 0 Å². The smallest absolute Gasteiger partial charge is 0.225 e. The van der Waals surface area contributed by atoms with E-state index in [1.807, 2.05) is 17.8 Å². The van der Waals surface area contributed by atoms with Crippen molar-refractivity contribution in [3.8, 4) is 0 Å². The summed E-state index contributed by atoms with van der Waals surface area (Å²) in [4.78, 5) is 15.9. The van der Waals surface area contributed by atoms with Crippen LogP contribution in [0.2, 0.25) is 0 Å². The summed E-state index contributed by atoms with van der Waals surface area (Å²) in [6.07, 6.45) is 8.10. The Hall–Kier alpha value is -2.43. The number of piperidine rings is 1. The first-order valence-corrected chi connectivity index (χ1v) is 13.8. The highest BCUT2D eigenvalue weighted by atomic mass is 32.2. The quantitative estimate of drug-likeness (QED) is 0.540. The summed E-state index contributed by atoms with van der Waals surface area (Å²) in [6, 6.07) is 3.28. The van der Waals surface area contributed by atoms with E-state index in [1.165, 1.54) is 12.1 Å². The molecule has 1 aromatic carbocycles. The predicted octanol–water partition coefficient (Wildman–Crippen LogP) is 3.66. The highest BCUT2D eigenvalue weighted by Crippen LogP contribution is 2.32. The SMILES string of the molecule is CCc1cnc(N2CCC(c3nc(CC(N)c4ccc(S(C)(=O)=O)cc4F)cs3)CC2)nc1. The third-order valence-corrected chi connectivity index (χ3v) is 8.19. The molecule has 7 nitrogen and oxygen atoms in total. The molecule has 2 N–H and O–H groups in total. The number of rotatable bonds is 7. The minimum atomic E-state index is -3.46. The average molecular weight is 490 g/mol. The van der Waals surface area contributed by atoms with Gasteiger partial charge in [0.2, 0.25) is 5.95 Å². The van der Waals surface area contributed by atoms with Crippen LogP contribution in [-0.2, 0) is 22.7 Å². The summed E-state index contributed by atoms with van der Waals surface area (Å²) in [5, 5.41) is 3.06. The summed E-state index contributed by atoms with van der Waals surface area (Å²) in [5.41, 5.74) is 8.49. The van der Waals surface area contributed by atoms with Gasteiger partial charge in [0.05, 0.1) is 15.6 Å². The van der Waals surface area contributed by atoms with E-state index in [-0.39, 0.29) is 4.90 Å². The number of sulfone groups is 1. The highest BCUT2D eigenvalue weighted by Gasteiger charge is 2.25. The zero-order valence-corrected chi connectivity index (χ0v) is 20.4. The van der Waals surface area contributed by atoms with Crippen molar-refractivity contribution in [3.05, 3.63) is 63.6 Å². The molecule has 0 amide bonds. The van der Waals surface area contributed by atoms with E-state index < -0.39 is 21.7 Å². The first-order chi connectivity index (χ1) is 15.7. The highest BCUT2D eigenvalue weighted by molar-refractivity contribution is 7.90. The largest absolute Gasteiger partial charge is 0.341 e. The summed E-state index contributed by atoms with van der Waals surface area (Å²) >= 11 is 1.62. The number of aromatic nitrogens is 3. The van der Waals surface area contributed by atoms with Crippen LogP contribution in [0, 0.1) is 5.82 Å². The maximum absolute atomic E-state index is 14.5. The van der Waals surface area contributed by atoms with Crippen molar-refractivity contribution in [1.29, 1.82) is 0 Å². The van der Waals surface area contributed by atoms with E-state index in [1.54, 1.807) is 11.3 Å². The normalized spacial score (nSPS) is 16.2. The fraction of sp³-hybridized carbons (Fsp3) is 0.435. The average Bonchev–Trinajstić information content (AvgIpc) is 3.27. The number of hydrogen-bond acceptors (Lipinski definition) is 8. The maximum atomic E-state index is 14.5. The van der Waals surface area contributed by atoms with Gasteiger partial charge in [0.15, 0.2) is 9.84 Å². The molecule has 0 radical (unpaired) electrons. The number of nitrogens with two attached hydrogens (primary N) is 1. The van der Waals surface area contributed by atoms with E-state index in [4.69, 9.17) is 10.7 Å². The molecule has 0 saturated carbocycles. The third-order valence-electron chi connectivity index (χ3n) is 6.03. The Morgan fingerprint density at radius 1 is 1.24 bits per heavy atom. The van der Waals surface area contributed by atoms with Crippen LogP contribution in [-0.4, -0.2) is 42.7 Å². The van der Waals surface area contributed by atoms with Gasteiger partial charge >= 0.3 is 0 Å². The van der Waals surface area contributed by atoms with Crippen molar-refractivity contribution in [2.24, 2.45) is 5.73 Å². The molecule has 0 aliphatic carbocycles. The van der Waals surface area contributed by atoms with Gasteiger partial charge in [-0.15, -0.1) is 11.3 Å². The monoisotopic (exact) mass is 489 g/mol. The lowest BCUT2D eigenvalue weighted by atomic mass is 9.97. The van der Waals surface area contributed by atoms with E-state index >= 15 is 0 Å². The Morgan fingerprint density at radius 2 is 1.94 bits per heavy atom. The Morgan fingerprint density at radius 3 is 2.55 bits per heavy atom. The number of halogens is 1. The molecule has 1 atom stereocenters. The molecular formula is C23H28FN5O2S2. The molecule has 1 unspecified atom stereocenters. The number of benzene rings is 1. The van der Waals surface area contributed by atoms with Gasteiger partial charge in [0.25, 0.3) is 0 Å². The van der Waals surface area contributed by atoms with Crippen molar-refractivity contribution >= 4 is 27.1 Å². The molecule has 1 aliphatic rings. The first kappa shape index (κ1) is 23.7. The van der Waals surface area contributed by atoms with Gasteiger partial charge in [-0.1, -0.05) is 13.0 Å². The van der Waals surface area contributed by atoms with Gasteiger partial charge in [0.1, 0.15) is 5.82 Å². The number of anilines is 1. The number of aryl methyl sites for hydroxylation is 1. The van der Waals surface area contributed by atoms with Gasteiger partial charge in [0, 0.05) is 61.1 Å². The van der Waals surface area contributed by atoms with Crippen LogP contribution < -0.4 is 10.6 Å². The molecule has 2 aromatic heterocycles. The van der Waals surface area contributed by atoms with Crippen LogP contribution in [0.4, 0.5) is 10.3 Å². The summed E-state index contributed by atoms with van der Waals surface area (Å²) in [6.45, 7) is 3.84. The van der Waals surface area contributed by atoms with E-state index in [9.17, 15) is 12.8 Å². The second-order valence-corrected chi connectivity index (χ2v) is 11.4. The van der Waals surface area contributed by atoms with Gasteiger partial charge in [-0.05, 0) is 37.0 Å². The molecule has 33 heavy (non-hydrogen) atoms. The Bertz CT molecular complexity index is 1210. The third kappa shape index (κ3) is 5.56. The molecule has 1 aliphatic heterocycles. The molecule has 0 bridgehead atoms. The lowest BCUT2D eigenvalue weighted by Crippen LogP contribution is -2.34. The molecular weight excluding hydrogens is 461 g/mol. The fourth-order valence-corrected chi connectivity index (χ4v) is 5.64. The number of hydrogen-bond donors (Lipinski definition) is 1. The maximum Gasteiger partial charge on any atom is 0.225 e. The Labute approximate surface area is 197 Å². The van der Waals surface area contributed by atoms with E-state index in [0.717, 1.165) is 66.9 Å². The standard InChI is InChI=1S/C23H28FN5O2S2/c1-3-15-12-26-23(27-13-15)29-8-6-16(7-9-29)22-28-17(14-32-22)10-21(25)19-5-4-18(11-20(19)24)33(2,30)31/h4-5,11-14,16,21H,3,6-10,25H2,1-2H3. The second-order valence-electron chi connectivity index (χ2n) is 8.45. The van der Waals surface area contributed by atoms with Crippen LogP contribution in [0.1, 0.15) is 53.6 Å². The van der Waals surface area contributed by atoms with Gasteiger partial charge in [-0.2, -0.15) is 0 Å². The van der Waals surface area contributed by atoms with Crippen LogP contribution in [0.15, 0.2) is 40.9 Å². The van der Waals surface area contributed by atoms with E-state index in [0.29, 0.717) is 17.9 Å². The summed E-state index contributed by atoms with van der Waals surface area (Å²) in [5.74, 6) is 0.541. The second kappa shape index (κ2) is 9.82. The topological polar surface area (TPSA) is 102 Å². The molecule has 176 valence electrons. The van der Waals surface area contributed by atoms with Crippen molar-refractivity contribution in [1.82, 2.24) is 15.0 Å². The first-order valence-electron chi connectivity index (χ1n) is 11.0. The molecule has 3 heterocycles. The lowest BCUT2D eigenvalue weighted by Gasteiger charge is -2.31. The van der Waals surface area contributed by atoms with Crippen LogP contribution in [0.25, 0.3) is 0 Å². The minimum Gasteiger partial charge on any atom is -0.341 e. The predicted molar refractivity (Wildman–Crippen MR) is 128 cm³/mol. The molecule has 1 fully saturated rings. The van der Waals surface area contributed by atoms with Crippen LogP contribution >= 0.6 is 11.3 Å². The fourth-order valence-electron chi connectivity index (χ4n) is 4.00. The van der Waals surface area contributed by atoms with Gasteiger partial charge in [-0.3, -0.25) is 0 Å². The van der Waals surface area contributed by atoms with Gasteiger partial charge in [-0.25, -0.2) is 27.8 Å². The zero-order chi connectivity index (χ0) is 23.6. The number of nitrogens with zero attached hydrogens (tertiary/aromatic N) is 4. The van der Waals surface area contributed by atoms with Crippen molar-refractivity contribution in [2.45, 2.75) is 49.5 Å². The molecule has 4 rings (SSSR count). The van der Waals surface area contributed by atoms with Gasteiger partial charge < -0.3 is 10.6 Å². The van der Waals surface area contributed by atoms with E-state index in [2.05, 4.69) is 21.8 Å². The lowest BCUT2D eigenvalue weighted by molar-refractivity contribution is 0.496. The molecule has 3 aromatic rings. The Kier molecular flexibility index (Phi) is 7.06. The number of thiazole rings is 1. The van der Waals surface area contributed by atoms with Crippen LogP contribution in [0.5, 0.6) is 0 Å². The van der Waals surface area contributed by atoms with Crippen LogP contribution in [0.3, 0.4) is 0 Å².